The lowest BCUT2D eigenvalue weighted by Gasteiger charge is -2.39. The molecule has 23 heavy (non-hydrogen) atoms. The van der Waals surface area contributed by atoms with Crippen LogP contribution in [0.5, 0.6) is 5.75 Å². The van der Waals surface area contributed by atoms with E-state index in [-0.39, 0.29) is 11.8 Å². The molecule has 2 aromatic rings. The average molecular weight is 304 g/mol. The zero-order valence-corrected chi connectivity index (χ0v) is 12.3. The Kier molecular flexibility index (Phi) is 2.25. The Balaban J connectivity index is 1.87. The van der Waals surface area contributed by atoms with E-state index in [0.717, 1.165) is 28.0 Å². The molecule has 4 heteroatoms. The van der Waals surface area contributed by atoms with E-state index in [0.29, 0.717) is 11.1 Å². The van der Waals surface area contributed by atoms with Gasteiger partial charge in [-0.15, -0.1) is 0 Å². The summed E-state index contributed by atoms with van der Waals surface area (Å²) in [4.78, 5) is 24.5. The number of carbonyl (C=O) groups is 2. The molecule has 4 nitrogen and oxygen atoms in total. The van der Waals surface area contributed by atoms with Gasteiger partial charge in [0.1, 0.15) is 5.75 Å². The van der Waals surface area contributed by atoms with Gasteiger partial charge in [0.15, 0.2) is 0 Å². The third kappa shape index (κ3) is 1.41. The second-order valence-electron chi connectivity index (χ2n) is 5.99. The molecule has 6 rings (SSSR count). The molecule has 2 atom stereocenters. The second kappa shape index (κ2) is 4.10. The van der Waals surface area contributed by atoms with Crippen molar-refractivity contribution in [3.05, 3.63) is 75.9 Å². The average Bonchev–Trinajstić information content (AvgIpc) is 2.89. The van der Waals surface area contributed by atoms with E-state index in [2.05, 4.69) is 0 Å². The zero-order valence-electron chi connectivity index (χ0n) is 12.3. The number of rotatable bonds is 1. The van der Waals surface area contributed by atoms with Crippen molar-refractivity contribution in [2.75, 3.05) is 7.11 Å². The van der Waals surface area contributed by atoms with Crippen molar-refractivity contribution in [1.82, 2.24) is 0 Å². The lowest BCUT2D eigenvalue weighted by atomic mass is 9.61. The lowest BCUT2D eigenvalue weighted by molar-refractivity contribution is -0.151. The van der Waals surface area contributed by atoms with Crippen molar-refractivity contribution in [1.29, 1.82) is 0 Å². The number of benzene rings is 2. The van der Waals surface area contributed by atoms with Crippen LogP contribution in [0.2, 0.25) is 0 Å². The third-order valence-electron chi connectivity index (χ3n) is 5.03. The van der Waals surface area contributed by atoms with Crippen LogP contribution in [-0.2, 0) is 14.3 Å². The van der Waals surface area contributed by atoms with Gasteiger partial charge in [-0.3, -0.25) is 0 Å². The first kappa shape index (κ1) is 12.6. The van der Waals surface area contributed by atoms with Crippen LogP contribution in [0.1, 0.15) is 34.1 Å². The summed E-state index contributed by atoms with van der Waals surface area (Å²) in [5.74, 6) is -0.756. The highest BCUT2D eigenvalue weighted by Crippen LogP contribution is 2.57. The van der Waals surface area contributed by atoms with Crippen LogP contribution in [0.4, 0.5) is 0 Å². The Bertz CT molecular complexity index is 938. The summed E-state index contributed by atoms with van der Waals surface area (Å²) >= 11 is 0. The van der Waals surface area contributed by atoms with E-state index in [1.54, 1.807) is 7.11 Å². The molecule has 1 aliphatic heterocycles. The first-order valence-electron chi connectivity index (χ1n) is 7.48. The number of esters is 2. The summed E-state index contributed by atoms with van der Waals surface area (Å²) < 4.78 is 10.3. The highest BCUT2D eigenvalue weighted by atomic mass is 16.6. The number of methoxy groups -OCH3 is 1. The molecule has 0 amide bonds. The molecule has 4 aliphatic rings. The van der Waals surface area contributed by atoms with Crippen molar-refractivity contribution in [3.63, 3.8) is 0 Å². The molecular formula is C19H12O4. The highest BCUT2D eigenvalue weighted by molar-refractivity contribution is 6.16. The fourth-order valence-corrected chi connectivity index (χ4v) is 4.15. The molecule has 0 spiro atoms. The quantitative estimate of drug-likeness (QED) is 0.600. The van der Waals surface area contributed by atoms with Crippen LogP contribution in [-0.4, -0.2) is 19.0 Å². The minimum atomic E-state index is -0.511. The maximum atomic E-state index is 12.3. The summed E-state index contributed by atoms with van der Waals surface area (Å²) in [5, 5.41) is 0. The van der Waals surface area contributed by atoms with Crippen LogP contribution in [0.3, 0.4) is 0 Å². The number of ether oxygens (including phenoxy) is 2. The van der Waals surface area contributed by atoms with Crippen LogP contribution in [0.15, 0.2) is 53.6 Å². The van der Waals surface area contributed by atoms with Crippen molar-refractivity contribution in [2.24, 2.45) is 0 Å². The summed E-state index contributed by atoms with van der Waals surface area (Å²) in [5.41, 5.74) is 5.25. The SMILES string of the molecule is COc1ccc2c(c1)C1C3=C(C(=O)OC3=O)C2c2ccccc21. The molecule has 2 unspecified atom stereocenters. The Labute approximate surface area is 132 Å². The van der Waals surface area contributed by atoms with Gasteiger partial charge >= 0.3 is 11.9 Å². The van der Waals surface area contributed by atoms with Crippen LogP contribution in [0.25, 0.3) is 0 Å². The van der Waals surface area contributed by atoms with Gasteiger partial charge in [0, 0.05) is 11.8 Å². The van der Waals surface area contributed by atoms with Crippen molar-refractivity contribution in [2.45, 2.75) is 11.8 Å². The Hall–Kier alpha value is -2.88. The van der Waals surface area contributed by atoms with E-state index >= 15 is 0 Å². The minimum absolute atomic E-state index is 0.231. The molecule has 0 aromatic heterocycles. The van der Waals surface area contributed by atoms with Gasteiger partial charge < -0.3 is 9.47 Å². The van der Waals surface area contributed by atoms with E-state index in [1.807, 2.05) is 42.5 Å². The lowest BCUT2D eigenvalue weighted by Crippen LogP contribution is -2.29. The van der Waals surface area contributed by atoms with E-state index < -0.39 is 11.9 Å². The van der Waals surface area contributed by atoms with Gasteiger partial charge in [-0.25, -0.2) is 9.59 Å². The molecule has 112 valence electrons. The smallest absolute Gasteiger partial charge is 0.343 e. The van der Waals surface area contributed by atoms with Gasteiger partial charge in [0.25, 0.3) is 0 Å². The second-order valence-corrected chi connectivity index (χ2v) is 5.99. The molecule has 2 bridgehead atoms. The number of cyclic esters (lactones) is 2. The first-order chi connectivity index (χ1) is 11.2. The third-order valence-corrected chi connectivity index (χ3v) is 5.03. The fraction of sp³-hybridized carbons (Fsp3) is 0.158. The van der Waals surface area contributed by atoms with Crippen molar-refractivity contribution >= 4 is 11.9 Å². The topological polar surface area (TPSA) is 52.6 Å². The fourth-order valence-electron chi connectivity index (χ4n) is 4.15. The van der Waals surface area contributed by atoms with Crippen LogP contribution < -0.4 is 4.74 Å². The molecule has 0 saturated heterocycles. The molecule has 2 aromatic carbocycles. The van der Waals surface area contributed by atoms with Crippen LogP contribution in [0, 0.1) is 0 Å². The minimum Gasteiger partial charge on any atom is -0.497 e. The summed E-state index contributed by atoms with van der Waals surface area (Å²) in [6, 6.07) is 13.8. The van der Waals surface area contributed by atoms with E-state index in [4.69, 9.17) is 9.47 Å². The monoisotopic (exact) mass is 304 g/mol. The molecular weight excluding hydrogens is 292 g/mol. The Morgan fingerprint density at radius 2 is 1.39 bits per heavy atom. The summed E-state index contributed by atoms with van der Waals surface area (Å²) in [6.45, 7) is 0. The largest absolute Gasteiger partial charge is 0.497 e. The van der Waals surface area contributed by atoms with Gasteiger partial charge in [-0.05, 0) is 34.4 Å². The molecule has 1 heterocycles. The van der Waals surface area contributed by atoms with E-state index in [9.17, 15) is 9.59 Å². The number of hydrogen-bond acceptors (Lipinski definition) is 4. The maximum Gasteiger partial charge on any atom is 0.343 e. The molecule has 0 N–H and O–H groups in total. The molecule has 0 fully saturated rings. The van der Waals surface area contributed by atoms with Gasteiger partial charge in [-0.2, -0.15) is 0 Å². The Morgan fingerprint density at radius 3 is 2.00 bits per heavy atom. The van der Waals surface area contributed by atoms with Crippen molar-refractivity contribution < 1.29 is 19.1 Å². The predicted molar refractivity (Wildman–Crippen MR) is 81.2 cm³/mol. The van der Waals surface area contributed by atoms with E-state index in [1.165, 1.54) is 0 Å². The molecule has 3 aliphatic carbocycles. The van der Waals surface area contributed by atoms with Gasteiger partial charge in [-0.1, -0.05) is 30.3 Å². The highest BCUT2D eigenvalue weighted by Gasteiger charge is 2.52. The molecule has 0 saturated carbocycles. The van der Waals surface area contributed by atoms with Gasteiger partial charge in [0.05, 0.1) is 18.3 Å². The number of hydrogen-bond donors (Lipinski definition) is 0. The normalized spacial score (nSPS) is 23.3. The standard InChI is InChI=1S/C19H12O4/c1-22-9-6-7-12-13(8-9)15-11-5-3-2-4-10(11)14(12)16-17(15)19(21)23-18(16)20/h2-8,14-15H,1H3. The van der Waals surface area contributed by atoms with Crippen molar-refractivity contribution in [3.8, 4) is 5.75 Å². The summed E-state index contributed by atoms with van der Waals surface area (Å²) in [6.07, 6.45) is 0. The van der Waals surface area contributed by atoms with Gasteiger partial charge in [0.2, 0.25) is 0 Å². The zero-order chi connectivity index (χ0) is 15.7. The maximum absolute atomic E-state index is 12.3. The predicted octanol–water partition coefficient (Wildman–Crippen LogP) is 2.67. The first-order valence-corrected chi connectivity index (χ1v) is 7.48. The summed E-state index contributed by atoms with van der Waals surface area (Å²) in [7, 11) is 1.62. The Morgan fingerprint density at radius 1 is 0.826 bits per heavy atom. The molecule has 0 radical (unpaired) electrons. The van der Waals surface area contributed by atoms with Crippen LogP contribution >= 0.6 is 0 Å². The number of carbonyl (C=O) groups excluding carboxylic acids is 2.